The van der Waals surface area contributed by atoms with Gasteiger partial charge in [-0.1, -0.05) is 12.1 Å². The van der Waals surface area contributed by atoms with Gasteiger partial charge in [0.15, 0.2) is 12.2 Å². The summed E-state index contributed by atoms with van der Waals surface area (Å²) in [5.74, 6) is -3.46. The van der Waals surface area contributed by atoms with Crippen molar-refractivity contribution in [1.29, 1.82) is 0 Å². The first kappa shape index (κ1) is 18.8. The molecule has 1 heterocycles. The van der Waals surface area contributed by atoms with E-state index >= 15 is 0 Å². The van der Waals surface area contributed by atoms with E-state index in [1.165, 1.54) is 0 Å². The number of anilines is 1. The molecule has 0 spiro atoms. The highest BCUT2D eigenvalue weighted by atomic mass is 19.1. The molecule has 0 aliphatic heterocycles. The highest BCUT2D eigenvalue weighted by molar-refractivity contribution is 5.93. The topological polar surface area (TPSA) is 134 Å². The zero-order valence-electron chi connectivity index (χ0n) is 14.1. The second-order valence-electron chi connectivity index (χ2n) is 5.55. The second-order valence-corrected chi connectivity index (χ2v) is 5.55. The molecule has 10 nitrogen and oxygen atoms in total. The Balaban J connectivity index is 1.59. The summed E-state index contributed by atoms with van der Waals surface area (Å²) in [4.78, 5) is 45.3. The fourth-order valence-corrected chi connectivity index (χ4v) is 2.41. The molecular weight excluding hydrogens is 377 g/mol. The predicted molar refractivity (Wildman–Crippen MR) is 93.1 cm³/mol. The monoisotopic (exact) mass is 389 g/mol. The molecule has 0 radical (unpaired) electrons. The molecular formula is C17H12FN3O7. The van der Waals surface area contributed by atoms with Crippen molar-refractivity contribution in [3.8, 4) is 0 Å². The molecule has 0 aliphatic carbocycles. The molecule has 0 saturated carbocycles. The first-order valence-electron chi connectivity index (χ1n) is 7.83. The zero-order valence-corrected chi connectivity index (χ0v) is 14.1. The van der Waals surface area contributed by atoms with E-state index in [1.54, 1.807) is 24.3 Å². The number of benzene rings is 2. The maximum atomic E-state index is 13.3. The summed E-state index contributed by atoms with van der Waals surface area (Å²) in [6.07, 6.45) is 0. The molecule has 0 atom stereocenters. The van der Waals surface area contributed by atoms with Crippen LogP contribution in [0.3, 0.4) is 0 Å². The van der Waals surface area contributed by atoms with Crippen LogP contribution in [0, 0.1) is 15.9 Å². The number of oxazole rings is 1. The van der Waals surface area contributed by atoms with Crippen molar-refractivity contribution in [2.75, 3.05) is 11.9 Å². The number of amides is 1. The fraction of sp³-hybridized carbons (Fsp3) is 0.118. The molecule has 0 bridgehead atoms. The molecule has 0 saturated heterocycles. The van der Waals surface area contributed by atoms with E-state index < -0.39 is 47.2 Å². The fourth-order valence-electron chi connectivity index (χ4n) is 2.41. The van der Waals surface area contributed by atoms with Crippen LogP contribution in [0.5, 0.6) is 0 Å². The van der Waals surface area contributed by atoms with Crippen molar-refractivity contribution in [2.24, 2.45) is 0 Å². The Morgan fingerprint density at radius 3 is 2.75 bits per heavy atom. The summed E-state index contributed by atoms with van der Waals surface area (Å²) in [7, 11) is 0. The number of fused-ring (bicyclic) bond motifs is 1. The van der Waals surface area contributed by atoms with Crippen molar-refractivity contribution >= 4 is 34.4 Å². The van der Waals surface area contributed by atoms with Gasteiger partial charge in [0.05, 0.1) is 10.4 Å². The molecule has 2 aromatic carbocycles. The van der Waals surface area contributed by atoms with Gasteiger partial charge in [0.1, 0.15) is 6.54 Å². The highest BCUT2D eigenvalue weighted by Gasteiger charge is 2.17. The number of aromatic nitrogens is 1. The van der Waals surface area contributed by atoms with Gasteiger partial charge in [0, 0.05) is 11.8 Å². The van der Waals surface area contributed by atoms with Crippen LogP contribution in [0.2, 0.25) is 0 Å². The minimum Gasteiger partial charge on any atom is -0.454 e. The Hall–Kier alpha value is -4.02. The predicted octanol–water partition coefficient (Wildman–Crippen LogP) is 1.82. The number of nitrogens with one attached hydrogen (secondary N) is 1. The first-order chi connectivity index (χ1) is 13.3. The van der Waals surface area contributed by atoms with Crippen LogP contribution in [0.25, 0.3) is 11.1 Å². The van der Waals surface area contributed by atoms with Crippen molar-refractivity contribution < 1.29 is 28.1 Å². The Morgan fingerprint density at radius 1 is 1.25 bits per heavy atom. The summed E-state index contributed by atoms with van der Waals surface area (Å²) >= 11 is 0. The Bertz CT molecular complexity index is 1140. The Labute approximate surface area is 155 Å². The highest BCUT2D eigenvalue weighted by Crippen LogP contribution is 2.21. The average molecular weight is 389 g/mol. The molecule has 0 fully saturated rings. The lowest BCUT2D eigenvalue weighted by atomic mass is 10.2. The largest absolute Gasteiger partial charge is 0.454 e. The van der Waals surface area contributed by atoms with Crippen LogP contribution < -0.4 is 11.1 Å². The molecule has 1 N–H and O–H groups in total. The third-order valence-corrected chi connectivity index (χ3v) is 3.65. The van der Waals surface area contributed by atoms with Crippen LogP contribution in [0.4, 0.5) is 15.8 Å². The number of halogens is 1. The van der Waals surface area contributed by atoms with E-state index in [0.29, 0.717) is 11.1 Å². The SMILES string of the molecule is O=C(COC(=O)Cn1c(=O)oc2ccccc21)Nc1ccc(F)c([N+](=O)[O-])c1. The number of rotatable bonds is 6. The summed E-state index contributed by atoms with van der Waals surface area (Å²) in [6, 6.07) is 9.27. The summed E-state index contributed by atoms with van der Waals surface area (Å²) in [5.41, 5.74) is -0.143. The number of hydrogen-bond donors (Lipinski definition) is 1. The van der Waals surface area contributed by atoms with E-state index in [0.717, 1.165) is 22.8 Å². The Morgan fingerprint density at radius 2 is 2.00 bits per heavy atom. The van der Waals surface area contributed by atoms with E-state index in [2.05, 4.69) is 5.32 Å². The third kappa shape index (κ3) is 4.03. The molecule has 0 aliphatic rings. The third-order valence-electron chi connectivity index (χ3n) is 3.65. The first-order valence-corrected chi connectivity index (χ1v) is 7.83. The number of hydrogen-bond acceptors (Lipinski definition) is 7. The average Bonchev–Trinajstić information content (AvgIpc) is 2.97. The number of nitro benzene ring substituents is 1. The molecule has 3 aromatic rings. The zero-order chi connectivity index (χ0) is 20.3. The number of carbonyl (C=O) groups is 2. The molecule has 3 rings (SSSR count). The van der Waals surface area contributed by atoms with Gasteiger partial charge in [-0.2, -0.15) is 4.39 Å². The van der Waals surface area contributed by atoms with Gasteiger partial charge in [0.2, 0.25) is 5.82 Å². The van der Waals surface area contributed by atoms with Crippen LogP contribution in [0.1, 0.15) is 0 Å². The maximum absolute atomic E-state index is 13.3. The van der Waals surface area contributed by atoms with Crippen LogP contribution in [-0.4, -0.2) is 28.0 Å². The van der Waals surface area contributed by atoms with E-state index in [1.807, 2.05) is 0 Å². The summed E-state index contributed by atoms with van der Waals surface area (Å²) in [5, 5.41) is 12.9. The van der Waals surface area contributed by atoms with Crippen molar-refractivity contribution in [3.63, 3.8) is 0 Å². The van der Waals surface area contributed by atoms with Crippen LogP contribution in [0.15, 0.2) is 51.7 Å². The summed E-state index contributed by atoms with van der Waals surface area (Å²) in [6.45, 7) is -1.17. The lowest BCUT2D eigenvalue weighted by Crippen LogP contribution is -2.25. The minimum absolute atomic E-state index is 0.0359. The van der Waals surface area contributed by atoms with Crippen LogP contribution in [-0.2, 0) is 20.9 Å². The number of nitro groups is 1. The number of esters is 1. The number of carbonyl (C=O) groups excluding carboxylic acids is 2. The number of para-hydroxylation sites is 2. The Kier molecular flexibility index (Phi) is 5.16. The van der Waals surface area contributed by atoms with Crippen molar-refractivity contribution in [2.45, 2.75) is 6.54 Å². The van der Waals surface area contributed by atoms with Crippen molar-refractivity contribution in [1.82, 2.24) is 4.57 Å². The molecule has 144 valence electrons. The van der Waals surface area contributed by atoms with Gasteiger partial charge >= 0.3 is 17.4 Å². The van der Waals surface area contributed by atoms with Gasteiger partial charge in [-0.05, 0) is 24.3 Å². The van der Waals surface area contributed by atoms with E-state index in [4.69, 9.17) is 9.15 Å². The quantitative estimate of drug-likeness (QED) is 0.386. The standard InChI is InChI=1S/C17H12FN3O7/c18-11-6-5-10(7-13(11)21(25)26)19-15(22)9-27-16(23)8-20-12-3-1-2-4-14(12)28-17(20)24/h1-7H,8-9H2,(H,19,22). The molecule has 11 heteroatoms. The second kappa shape index (κ2) is 7.70. The lowest BCUT2D eigenvalue weighted by molar-refractivity contribution is -0.387. The summed E-state index contributed by atoms with van der Waals surface area (Å²) < 4.78 is 24.1. The molecule has 1 aromatic heterocycles. The smallest absolute Gasteiger partial charge is 0.420 e. The molecule has 0 unspecified atom stereocenters. The van der Waals surface area contributed by atoms with E-state index in [9.17, 15) is 28.9 Å². The van der Waals surface area contributed by atoms with Gasteiger partial charge in [-0.3, -0.25) is 24.3 Å². The van der Waals surface area contributed by atoms with Gasteiger partial charge in [-0.25, -0.2) is 4.79 Å². The maximum Gasteiger partial charge on any atom is 0.420 e. The minimum atomic E-state index is -1.05. The normalized spacial score (nSPS) is 10.6. The van der Waals surface area contributed by atoms with Crippen LogP contribution >= 0.6 is 0 Å². The lowest BCUT2D eigenvalue weighted by Gasteiger charge is -2.07. The van der Waals surface area contributed by atoms with Crippen molar-refractivity contribution in [3.05, 3.63) is 68.9 Å². The molecule has 28 heavy (non-hydrogen) atoms. The van der Waals surface area contributed by atoms with Gasteiger partial charge in [0.25, 0.3) is 5.91 Å². The number of ether oxygens (including phenoxy) is 1. The molecule has 1 amide bonds. The number of nitrogens with zero attached hydrogens (tertiary/aromatic N) is 2. The van der Waals surface area contributed by atoms with E-state index in [-0.39, 0.29) is 5.69 Å². The van der Waals surface area contributed by atoms with Gasteiger partial charge < -0.3 is 14.5 Å². The van der Waals surface area contributed by atoms with Gasteiger partial charge in [-0.15, -0.1) is 0 Å².